The molecule has 1 aliphatic heterocycles. The van der Waals surface area contributed by atoms with Gasteiger partial charge in [0.2, 0.25) is 0 Å². The Labute approximate surface area is 176 Å². The molecule has 0 aliphatic carbocycles. The van der Waals surface area contributed by atoms with Crippen LogP contribution in [0.4, 0.5) is 26.0 Å². The van der Waals surface area contributed by atoms with Gasteiger partial charge >= 0.3 is 0 Å². The molecule has 6 nitrogen and oxygen atoms in total. The number of fused-ring (bicyclic) bond motifs is 3. The summed E-state index contributed by atoms with van der Waals surface area (Å²) in [5.74, 6) is 0.354. The minimum absolute atomic E-state index is 0.0640. The Bertz CT molecular complexity index is 1270. The van der Waals surface area contributed by atoms with E-state index in [-0.39, 0.29) is 18.2 Å². The molecule has 1 aliphatic rings. The topological polar surface area (TPSA) is 68.3 Å². The van der Waals surface area contributed by atoms with Crippen molar-refractivity contribution >= 4 is 28.1 Å². The third-order valence-corrected chi connectivity index (χ3v) is 4.90. The smallest absolute Gasteiger partial charge is 0.167 e. The van der Waals surface area contributed by atoms with E-state index in [9.17, 15) is 8.78 Å². The summed E-state index contributed by atoms with van der Waals surface area (Å²) in [6.45, 7) is 1.32. The molecule has 0 amide bonds. The molecule has 0 atom stereocenters. The number of aromatic nitrogens is 2. The number of rotatable bonds is 5. The summed E-state index contributed by atoms with van der Waals surface area (Å²) < 4.78 is 39.2. The van der Waals surface area contributed by atoms with Gasteiger partial charge < -0.3 is 20.1 Å². The number of benzene rings is 3. The first-order valence-electron chi connectivity index (χ1n) is 9.75. The number of hydrogen-bond acceptors (Lipinski definition) is 6. The van der Waals surface area contributed by atoms with Crippen LogP contribution >= 0.6 is 0 Å². The Hall–Kier alpha value is -3.94. The number of halogens is 2. The van der Waals surface area contributed by atoms with Crippen molar-refractivity contribution in [2.24, 2.45) is 0 Å². The van der Waals surface area contributed by atoms with E-state index in [1.807, 2.05) is 12.1 Å². The number of nitrogens with one attached hydrogen (secondary N) is 2. The molecule has 0 bridgehead atoms. The predicted molar refractivity (Wildman–Crippen MR) is 114 cm³/mol. The second kappa shape index (κ2) is 8.06. The molecule has 0 saturated heterocycles. The molecule has 8 heteroatoms. The van der Waals surface area contributed by atoms with Gasteiger partial charge in [0.15, 0.2) is 17.3 Å². The second-order valence-corrected chi connectivity index (χ2v) is 7.02. The summed E-state index contributed by atoms with van der Waals surface area (Å²) in [6, 6.07) is 14.3. The SMILES string of the molecule is Fc1cccc(COc2ccc(Nc3ncnc4ccc5c(c34)OCCN5)cc2F)c1. The Kier molecular flexibility index (Phi) is 4.95. The monoisotopic (exact) mass is 420 g/mol. The summed E-state index contributed by atoms with van der Waals surface area (Å²) in [5, 5.41) is 7.15. The third-order valence-electron chi connectivity index (χ3n) is 4.90. The Morgan fingerprint density at radius 3 is 2.87 bits per heavy atom. The van der Waals surface area contributed by atoms with Crippen LogP contribution in [0.5, 0.6) is 11.5 Å². The van der Waals surface area contributed by atoms with E-state index in [1.54, 1.807) is 18.2 Å². The molecule has 0 radical (unpaired) electrons. The van der Waals surface area contributed by atoms with Crippen molar-refractivity contribution in [1.82, 2.24) is 9.97 Å². The zero-order valence-corrected chi connectivity index (χ0v) is 16.4. The van der Waals surface area contributed by atoms with E-state index in [1.165, 1.54) is 30.6 Å². The Morgan fingerprint density at radius 2 is 2.00 bits per heavy atom. The lowest BCUT2D eigenvalue weighted by molar-refractivity contribution is 0.290. The fraction of sp³-hybridized carbons (Fsp3) is 0.130. The van der Waals surface area contributed by atoms with Gasteiger partial charge in [0, 0.05) is 18.3 Å². The first kappa shape index (κ1) is 19.0. The van der Waals surface area contributed by atoms with Crippen LogP contribution in [0.1, 0.15) is 5.56 Å². The first-order chi connectivity index (χ1) is 15.2. The van der Waals surface area contributed by atoms with Crippen molar-refractivity contribution in [1.29, 1.82) is 0 Å². The quantitative estimate of drug-likeness (QED) is 0.472. The van der Waals surface area contributed by atoms with Crippen LogP contribution in [0.2, 0.25) is 0 Å². The second-order valence-electron chi connectivity index (χ2n) is 7.02. The summed E-state index contributed by atoms with van der Waals surface area (Å²) in [5.41, 5.74) is 2.70. The highest BCUT2D eigenvalue weighted by Crippen LogP contribution is 2.39. The third kappa shape index (κ3) is 3.92. The van der Waals surface area contributed by atoms with Crippen molar-refractivity contribution in [2.45, 2.75) is 6.61 Å². The van der Waals surface area contributed by atoms with Gasteiger partial charge in [-0.3, -0.25) is 0 Å². The van der Waals surface area contributed by atoms with E-state index in [0.29, 0.717) is 29.4 Å². The Balaban J connectivity index is 1.39. The van der Waals surface area contributed by atoms with Crippen LogP contribution < -0.4 is 20.1 Å². The molecule has 156 valence electrons. The van der Waals surface area contributed by atoms with Crippen LogP contribution in [-0.2, 0) is 6.61 Å². The maximum absolute atomic E-state index is 14.6. The van der Waals surface area contributed by atoms with Gasteiger partial charge in [-0.2, -0.15) is 0 Å². The lowest BCUT2D eigenvalue weighted by Gasteiger charge is -2.21. The van der Waals surface area contributed by atoms with Crippen molar-refractivity contribution in [2.75, 3.05) is 23.8 Å². The van der Waals surface area contributed by atoms with Crippen LogP contribution in [0.15, 0.2) is 60.9 Å². The minimum atomic E-state index is -0.542. The van der Waals surface area contributed by atoms with Crippen molar-refractivity contribution in [3.05, 3.63) is 78.1 Å². The zero-order chi connectivity index (χ0) is 21.2. The van der Waals surface area contributed by atoms with Crippen LogP contribution in [0, 0.1) is 11.6 Å². The summed E-state index contributed by atoms with van der Waals surface area (Å²) in [4.78, 5) is 8.63. The number of nitrogens with zero attached hydrogens (tertiary/aromatic N) is 2. The van der Waals surface area contributed by atoms with Gasteiger partial charge in [-0.05, 0) is 42.0 Å². The highest BCUT2D eigenvalue weighted by Gasteiger charge is 2.18. The predicted octanol–water partition coefficient (Wildman–Crippen LogP) is 5.03. The number of anilines is 3. The zero-order valence-electron chi connectivity index (χ0n) is 16.4. The van der Waals surface area contributed by atoms with Gasteiger partial charge in [0.25, 0.3) is 0 Å². The van der Waals surface area contributed by atoms with E-state index in [4.69, 9.17) is 9.47 Å². The summed E-state index contributed by atoms with van der Waals surface area (Å²) in [6.07, 6.45) is 1.44. The van der Waals surface area contributed by atoms with E-state index >= 15 is 0 Å². The van der Waals surface area contributed by atoms with Crippen molar-refractivity contribution < 1.29 is 18.3 Å². The summed E-state index contributed by atoms with van der Waals surface area (Å²) in [7, 11) is 0. The molecule has 0 saturated carbocycles. The van der Waals surface area contributed by atoms with E-state index in [2.05, 4.69) is 20.6 Å². The number of ether oxygens (including phenoxy) is 2. The average molecular weight is 420 g/mol. The van der Waals surface area contributed by atoms with Gasteiger partial charge in [0.1, 0.15) is 31.2 Å². The molecule has 0 spiro atoms. The molecule has 5 rings (SSSR count). The number of hydrogen-bond donors (Lipinski definition) is 2. The fourth-order valence-electron chi connectivity index (χ4n) is 3.46. The lowest BCUT2D eigenvalue weighted by Crippen LogP contribution is -2.18. The van der Waals surface area contributed by atoms with Gasteiger partial charge in [-0.15, -0.1) is 0 Å². The highest BCUT2D eigenvalue weighted by molar-refractivity contribution is 5.99. The van der Waals surface area contributed by atoms with Crippen LogP contribution in [0.25, 0.3) is 10.9 Å². The van der Waals surface area contributed by atoms with Crippen molar-refractivity contribution in [3.63, 3.8) is 0 Å². The standard InChI is InChI=1S/C23H18F2N4O2/c24-15-3-1-2-14(10-15)12-31-20-7-4-16(11-17(20)25)29-23-21-18(27-13-28-23)5-6-19-22(21)30-9-8-26-19/h1-7,10-11,13,26H,8-9,12H2,(H,27,28,29). The molecular formula is C23H18F2N4O2. The average Bonchev–Trinajstić information content (AvgIpc) is 2.78. The van der Waals surface area contributed by atoms with Gasteiger partial charge in [-0.25, -0.2) is 18.7 Å². The van der Waals surface area contributed by atoms with Crippen LogP contribution in [-0.4, -0.2) is 23.1 Å². The minimum Gasteiger partial charge on any atom is -0.489 e. The van der Waals surface area contributed by atoms with Gasteiger partial charge in [-0.1, -0.05) is 12.1 Å². The normalized spacial score (nSPS) is 12.6. The van der Waals surface area contributed by atoms with Gasteiger partial charge in [0.05, 0.1) is 16.6 Å². The largest absolute Gasteiger partial charge is 0.489 e. The molecule has 2 heterocycles. The Morgan fingerprint density at radius 1 is 1.06 bits per heavy atom. The molecule has 0 unspecified atom stereocenters. The lowest BCUT2D eigenvalue weighted by atomic mass is 10.1. The molecule has 4 aromatic rings. The molecule has 31 heavy (non-hydrogen) atoms. The molecule has 3 aromatic carbocycles. The first-order valence-corrected chi connectivity index (χ1v) is 9.75. The maximum atomic E-state index is 14.6. The van der Waals surface area contributed by atoms with Crippen molar-refractivity contribution in [3.8, 4) is 11.5 Å². The maximum Gasteiger partial charge on any atom is 0.167 e. The molecule has 0 fully saturated rings. The van der Waals surface area contributed by atoms with E-state index < -0.39 is 5.82 Å². The fourth-order valence-corrected chi connectivity index (χ4v) is 3.46. The van der Waals surface area contributed by atoms with Crippen LogP contribution in [0.3, 0.4) is 0 Å². The molecule has 1 aromatic heterocycles. The highest BCUT2D eigenvalue weighted by atomic mass is 19.1. The molecule has 2 N–H and O–H groups in total. The van der Waals surface area contributed by atoms with E-state index in [0.717, 1.165) is 23.1 Å². The molecular weight excluding hydrogens is 402 g/mol. The summed E-state index contributed by atoms with van der Waals surface area (Å²) >= 11 is 0.